The lowest BCUT2D eigenvalue weighted by Gasteiger charge is -2.27. The van der Waals surface area contributed by atoms with Gasteiger partial charge in [0, 0.05) is 11.1 Å². The summed E-state index contributed by atoms with van der Waals surface area (Å²) in [6, 6.07) is 16.0. The zero-order chi connectivity index (χ0) is 14.6. The van der Waals surface area contributed by atoms with Crippen molar-refractivity contribution in [3.8, 4) is 11.8 Å². The molecule has 0 aliphatic rings. The van der Waals surface area contributed by atoms with Crippen LogP contribution in [0.4, 0.5) is 8.78 Å². The Bertz CT molecular complexity index is 626. The minimum Gasteiger partial charge on any atom is -0.367 e. The van der Waals surface area contributed by atoms with Gasteiger partial charge in [-0.15, -0.1) is 0 Å². The molecule has 0 amide bonds. The highest BCUT2D eigenvalue weighted by Crippen LogP contribution is 2.40. The first-order chi connectivity index (χ1) is 9.43. The second-order valence-electron chi connectivity index (χ2n) is 4.19. The molecule has 0 heterocycles. The number of aliphatic hydroxyl groups is 1. The van der Waals surface area contributed by atoms with E-state index in [-0.39, 0.29) is 5.56 Å². The Morgan fingerprint density at radius 2 is 1.40 bits per heavy atom. The highest BCUT2D eigenvalue weighted by molar-refractivity contribution is 6.22. The Kier molecular flexibility index (Phi) is 4.08. The van der Waals surface area contributed by atoms with Gasteiger partial charge in [-0.3, -0.25) is 0 Å². The zero-order valence-electron chi connectivity index (χ0n) is 10.4. The van der Waals surface area contributed by atoms with Crippen LogP contribution >= 0.6 is 11.6 Å². The van der Waals surface area contributed by atoms with Crippen LogP contribution in [0.15, 0.2) is 60.7 Å². The van der Waals surface area contributed by atoms with Gasteiger partial charge in [-0.2, -0.15) is 8.78 Å². The second-order valence-corrected chi connectivity index (χ2v) is 4.66. The summed E-state index contributed by atoms with van der Waals surface area (Å²) in [7, 11) is 0. The molecule has 1 unspecified atom stereocenters. The molecule has 2 aromatic carbocycles. The highest BCUT2D eigenvalue weighted by atomic mass is 35.5. The molecule has 1 atom stereocenters. The summed E-state index contributed by atoms with van der Waals surface area (Å²) in [4.78, 5) is 0. The van der Waals surface area contributed by atoms with Gasteiger partial charge in [0.25, 0.3) is 0 Å². The quantitative estimate of drug-likeness (QED) is 0.660. The Labute approximate surface area is 120 Å². The van der Waals surface area contributed by atoms with Gasteiger partial charge >= 0.3 is 5.38 Å². The molecule has 0 fully saturated rings. The van der Waals surface area contributed by atoms with E-state index in [2.05, 4.69) is 11.8 Å². The Hall–Kier alpha value is -1.89. The van der Waals surface area contributed by atoms with Crippen LogP contribution in [0.25, 0.3) is 0 Å². The monoisotopic (exact) mass is 292 g/mol. The lowest BCUT2D eigenvalue weighted by molar-refractivity contribution is -0.0925. The predicted octanol–water partition coefficient (Wildman–Crippen LogP) is 3.76. The molecule has 0 bridgehead atoms. The van der Waals surface area contributed by atoms with Crippen molar-refractivity contribution in [3.63, 3.8) is 0 Å². The van der Waals surface area contributed by atoms with Crippen LogP contribution in [-0.2, 0) is 5.60 Å². The molecular weight excluding hydrogens is 282 g/mol. The molecule has 2 aromatic rings. The summed E-state index contributed by atoms with van der Waals surface area (Å²) < 4.78 is 27.1. The van der Waals surface area contributed by atoms with E-state index in [0.717, 1.165) is 0 Å². The van der Waals surface area contributed by atoms with Crippen LogP contribution in [0.5, 0.6) is 0 Å². The number of alkyl halides is 3. The summed E-state index contributed by atoms with van der Waals surface area (Å²) in [5, 5.41) is 6.32. The fourth-order valence-corrected chi connectivity index (χ4v) is 1.83. The molecule has 20 heavy (non-hydrogen) atoms. The van der Waals surface area contributed by atoms with E-state index >= 15 is 0 Å². The fraction of sp³-hybridized carbons (Fsp3) is 0.125. The minimum absolute atomic E-state index is 0.0524. The lowest BCUT2D eigenvalue weighted by atomic mass is 9.94. The third-order valence-electron chi connectivity index (χ3n) is 2.76. The normalized spacial score (nSPS) is 14.0. The molecular formula is C16H11ClF2O. The lowest BCUT2D eigenvalue weighted by Crippen LogP contribution is -2.40. The second kappa shape index (κ2) is 5.62. The third-order valence-corrected chi connectivity index (χ3v) is 3.04. The van der Waals surface area contributed by atoms with Gasteiger partial charge in [0.1, 0.15) is 0 Å². The number of hydrogen-bond acceptors (Lipinski definition) is 1. The van der Waals surface area contributed by atoms with Crippen molar-refractivity contribution in [2.24, 2.45) is 0 Å². The van der Waals surface area contributed by atoms with E-state index in [0.29, 0.717) is 5.56 Å². The number of hydrogen-bond donors (Lipinski definition) is 1. The maximum absolute atomic E-state index is 13.6. The van der Waals surface area contributed by atoms with Crippen molar-refractivity contribution in [1.29, 1.82) is 0 Å². The van der Waals surface area contributed by atoms with E-state index in [1.54, 1.807) is 36.4 Å². The van der Waals surface area contributed by atoms with Crippen molar-refractivity contribution >= 4 is 11.6 Å². The maximum Gasteiger partial charge on any atom is 0.365 e. The van der Waals surface area contributed by atoms with Crippen LogP contribution in [0, 0.1) is 11.8 Å². The average Bonchev–Trinajstić information content (AvgIpc) is 2.45. The first-order valence-electron chi connectivity index (χ1n) is 5.86. The Morgan fingerprint density at radius 1 is 0.900 bits per heavy atom. The molecule has 1 nitrogen and oxygen atoms in total. The van der Waals surface area contributed by atoms with E-state index in [9.17, 15) is 13.9 Å². The average molecular weight is 293 g/mol. The van der Waals surface area contributed by atoms with Crippen molar-refractivity contribution in [1.82, 2.24) is 0 Å². The van der Waals surface area contributed by atoms with Gasteiger partial charge in [-0.05, 0) is 29.7 Å². The molecule has 0 saturated heterocycles. The molecule has 1 N–H and O–H groups in total. The van der Waals surface area contributed by atoms with Crippen molar-refractivity contribution < 1.29 is 13.9 Å². The molecule has 0 saturated carbocycles. The molecule has 0 radical (unpaired) electrons. The first kappa shape index (κ1) is 14.5. The summed E-state index contributed by atoms with van der Waals surface area (Å²) in [5.41, 5.74) is -2.28. The van der Waals surface area contributed by atoms with E-state index in [1.807, 2.05) is 0 Å². The number of rotatable bonds is 2. The highest BCUT2D eigenvalue weighted by Gasteiger charge is 2.51. The fourth-order valence-electron chi connectivity index (χ4n) is 1.67. The van der Waals surface area contributed by atoms with Gasteiger partial charge in [-0.25, -0.2) is 0 Å². The van der Waals surface area contributed by atoms with Crippen LogP contribution in [0.3, 0.4) is 0 Å². The van der Waals surface area contributed by atoms with Crippen LogP contribution in [-0.4, -0.2) is 10.5 Å². The van der Waals surface area contributed by atoms with Crippen LogP contribution in [0.1, 0.15) is 11.1 Å². The Morgan fingerprint density at radius 3 is 1.90 bits per heavy atom. The molecule has 0 spiro atoms. The zero-order valence-corrected chi connectivity index (χ0v) is 11.1. The number of benzene rings is 2. The Balaban J connectivity index is 2.48. The molecule has 2 rings (SSSR count). The minimum atomic E-state index is -3.91. The van der Waals surface area contributed by atoms with E-state index in [4.69, 9.17) is 11.6 Å². The van der Waals surface area contributed by atoms with Gasteiger partial charge in [0.15, 0.2) is 0 Å². The SMILES string of the molecule is OC(C#Cc1ccccc1)(c1ccccc1)C(F)(F)Cl. The van der Waals surface area contributed by atoms with Crippen molar-refractivity contribution in [2.45, 2.75) is 11.0 Å². The standard InChI is InChI=1S/C16H11ClF2O/c17-16(18,19)15(20,14-9-5-2-6-10-14)12-11-13-7-3-1-4-8-13/h1-10,20H. The summed E-state index contributed by atoms with van der Waals surface area (Å²) >= 11 is 5.06. The summed E-state index contributed by atoms with van der Waals surface area (Å²) in [6.45, 7) is 0. The van der Waals surface area contributed by atoms with Crippen molar-refractivity contribution in [3.05, 3.63) is 71.8 Å². The molecule has 0 aromatic heterocycles. The van der Waals surface area contributed by atoms with Gasteiger partial charge in [0.2, 0.25) is 5.60 Å². The smallest absolute Gasteiger partial charge is 0.365 e. The largest absolute Gasteiger partial charge is 0.367 e. The summed E-state index contributed by atoms with van der Waals surface area (Å²) in [6.07, 6.45) is 0. The van der Waals surface area contributed by atoms with Crippen LogP contribution in [0.2, 0.25) is 0 Å². The van der Waals surface area contributed by atoms with Gasteiger partial charge < -0.3 is 5.11 Å². The topological polar surface area (TPSA) is 20.2 Å². The third kappa shape index (κ3) is 2.98. The van der Waals surface area contributed by atoms with Gasteiger partial charge in [0.05, 0.1) is 0 Å². The first-order valence-corrected chi connectivity index (χ1v) is 6.24. The van der Waals surface area contributed by atoms with Crippen LogP contribution < -0.4 is 0 Å². The van der Waals surface area contributed by atoms with E-state index < -0.39 is 11.0 Å². The maximum atomic E-state index is 13.6. The molecule has 4 heteroatoms. The van der Waals surface area contributed by atoms with Gasteiger partial charge in [-0.1, -0.05) is 54.5 Å². The van der Waals surface area contributed by atoms with E-state index in [1.165, 1.54) is 24.3 Å². The van der Waals surface area contributed by atoms with Crippen molar-refractivity contribution in [2.75, 3.05) is 0 Å². The number of halogens is 3. The summed E-state index contributed by atoms with van der Waals surface area (Å²) in [5.74, 6) is 4.72. The predicted molar refractivity (Wildman–Crippen MR) is 74.5 cm³/mol. The molecule has 102 valence electrons. The molecule has 0 aliphatic carbocycles. The molecule has 0 aliphatic heterocycles.